The van der Waals surface area contributed by atoms with Crippen molar-refractivity contribution in [2.45, 2.75) is 31.2 Å². The zero-order valence-electron chi connectivity index (χ0n) is 11.7. The highest BCUT2D eigenvalue weighted by atomic mass is 32.2. The molecule has 5 nitrogen and oxygen atoms in total. The number of nitrogens with zero attached hydrogens (tertiary/aromatic N) is 2. The molecule has 1 aliphatic rings. The molecular weight excluding hydrogens is 288 g/mol. The molecule has 2 unspecified atom stereocenters. The lowest BCUT2D eigenvalue weighted by Crippen LogP contribution is -2.45. The Bertz CT molecular complexity index is 597. The number of nitriles is 1. The van der Waals surface area contributed by atoms with Crippen molar-refractivity contribution in [3.63, 3.8) is 0 Å². The van der Waals surface area contributed by atoms with Gasteiger partial charge in [-0.25, -0.2) is 4.79 Å². The van der Waals surface area contributed by atoms with Gasteiger partial charge in [-0.1, -0.05) is 19.4 Å². The fourth-order valence-corrected chi connectivity index (χ4v) is 3.88. The number of carbonyl (C=O) groups excluding carboxylic acids is 1. The molecular formula is C15H16N2O3S. The molecule has 1 amide bonds. The maximum Gasteiger partial charge on any atom is 0.327 e. The van der Waals surface area contributed by atoms with E-state index in [-0.39, 0.29) is 11.3 Å². The van der Waals surface area contributed by atoms with Gasteiger partial charge in [0.2, 0.25) is 0 Å². The monoisotopic (exact) mass is 304 g/mol. The van der Waals surface area contributed by atoms with Gasteiger partial charge in [0.05, 0.1) is 17.0 Å². The number of rotatable bonds is 4. The third-order valence-electron chi connectivity index (χ3n) is 3.39. The third kappa shape index (κ3) is 3.19. The quantitative estimate of drug-likeness (QED) is 0.923. The summed E-state index contributed by atoms with van der Waals surface area (Å²) in [5.41, 5.74) is 0.760. The van der Waals surface area contributed by atoms with Crippen molar-refractivity contribution in [2.75, 3.05) is 5.75 Å². The topological polar surface area (TPSA) is 81.4 Å². The lowest BCUT2D eigenvalue weighted by atomic mass is 10.1. The first kappa shape index (κ1) is 15.4. The molecule has 0 aromatic heterocycles. The van der Waals surface area contributed by atoms with Crippen LogP contribution in [0.15, 0.2) is 24.3 Å². The summed E-state index contributed by atoms with van der Waals surface area (Å²) in [7, 11) is 0. The molecule has 1 aliphatic heterocycles. The maximum absolute atomic E-state index is 12.7. The second-order valence-corrected chi connectivity index (χ2v) is 6.05. The molecule has 0 radical (unpaired) electrons. The van der Waals surface area contributed by atoms with Crippen LogP contribution in [0.3, 0.4) is 0 Å². The summed E-state index contributed by atoms with van der Waals surface area (Å²) in [5.74, 6) is -0.891. The van der Waals surface area contributed by atoms with E-state index < -0.39 is 12.0 Å². The highest BCUT2D eigenvalue weighted by Gasteiger charge is 2.41. The van der Waals surface area contributed by atoms with Crippen LogP contribution in [-0.2, 0) is 4.79 Å². The normalized spacial score (nSPS) is 21.0. The molecule has 1 heterocycles. The molecule has 1 aromatic rings. The predicted octanol–water partition coefficient (Wildman–Crippen LogP) is 2.33. The molecule has 0 spiro atoms. The Morgan fingerprint density at radius 2 is 2.29 bits per heavy atom. The summed E-state index contributed by atoms with van der Waals surface area (Å²) in [5, 5.41) is 18.1. The van der Waals surface area contributed by atoms with Crippen LogP contribution < -0.4 is 0 Å². The Hall–Kier alpha value is -2.00. The van der Waals surface area contributed by atoms with Crippen molar-refractivity contribution < 1.29 is 14.7 Å². The first-order valence-corrected chi connectivity index (χ1v) is 7.80. The number of benzene rings is 1. The van der Waals surface area contributed by atoms with E-state index in [0.717, 1.165) is 12.8 Å². The van der Waals surface area contributed by atoms with Crippen LogP contribution in [0.25, 0.3) is 0 Å². The van der Waals surface area contributed by atoms with Gasteiger partial charge < -0.3 is 10.0 Å². The van der Waals surface area contributed by atoms with E-state index >= 15 is 0 Å². The second-order valence-electron chi connectivity index (χ2n) is 4.84. The van der Waals surface area contributed by atoms with Crippen LogP contribution in [0.5, 0.6) is 0 Å². The van der Waals surface area contributed by atoms with Crippen molar-refractivity contribution in [2.24, 2.45) is 0 Å². The van der Waals surface area contributed by atoms with Gasteiger partial charge in [0.1, 0.15) is 6.04 Å². The molecule has 2 rings (SSSR count). The Balaban J connectivity index is 2.32. The van der Waals surface area contributed by atoms with Crippen molar-refractivity contribution in [1.29, 1.82) is 5.26 Å². The fraction of sp³-hybridized carbons (Fsp3) is 0.400. The van der Waals surface area contributed by atoms with E-state index in [1.54, 1.807) is 18.2 Å². The van der Waals surface area contributed by atoms with E-state index in [0.29, 0.717) is 16.9 Å². The third-order valence-corrected chi connectivity index (χ3v) is 4.74. The number of carboxylic acid groups (broad SMARTS) is 1. The van der Waals surface area contributed by atoms with Gasteiger partial charge in [-0.05, 0) is 24.6 Å². The van der Waals surface area contributed by atoms with Crippen LogP contribution >= 0.6 is 11.8 Å². The van der Waals surface area contributed by atoms with Crippen molar-refractivity contribution in [3.8, 4) is 6.07 Å². The molecule has 110 valence electrons. The lowest BCUT2D eigenvalue weighted by molar-refractivity contribution is -0.141. The molecule has 0 aliphatic carbocycles. The summed E-state index contributed by atoms with van der Waals surface area (Å²) >= 11 is 1.50. The van der Waals surface area contributed by atoms with Gasteiger partial charge in [0, 0.05) is 11.3 Å². The van der Waals surface area contributed by atoms with E-state index in [1.165, 1.54) is 22.7 Å². The van der Waals surface area contributed by atoms with Gasteiger partial charge in [0.15, 0.2) is 0 Å². The molecule has 0 saturated carbocycles. The number of amides is 1. The van der Waals surface area contributed by atoms with Crippen LogP contribution in [0.2, 0.25) is 0 Å². The van der Waals surface area contributed by atoms with Gasteiger partial charge in [-0.2, -0.15) is 5.26 Å². The van der Waals surface area contributed by atoms with Crippen molar-refractivity contribution in [3.05, 3.63) is 35.4 Å². The summed E-state index contributed by atoms with van der Waals surface area (Å²) in [6.07, 6.45) is 1.64. The highest BCUT2D eigenvalue weighted by molar-refractivity contribution is 8.00. The largest absolute Gasteiger partial charge is 0.480 e. The van der Waals surface area contributed by atoms with E-state index in [1.807, 2.05) is 13.0 Å². The average molecular weight is 304 g/mol. The molecule has 1 N–H and O–H groups in total. The summed E-state index contributed by atoms with van der Waals surface area (Å²) < 4.78 is 0. The van der Waals surface area contributed by atoms with Crippen LogP contribution in [0, 0.1) is 11.3 Å². The van der Waals surface area contributed by atoms with Crippen LogP contribution in [0.4, 0.5) is 0 Å². The Morgan fingerprint density at radius 1 is 1.52 bits per heavy atom. The summed E-state index contributed by atoms with van der Waals surface area (Å²) in [6.45, 7) is 2.01. The van der Waals surface area contributed by atoms with E-state index in [9.17, 15) is 14.7 Å². The molecule has 6 heteroatoms. The molecule has 1 saturated heterocycles. The van der Waals surface area contributed by atoms with Crippen molar-refractivity contribution >= 4 is 23.6 Å². The number of hydrogen-bond donors (Lipinski definition) is 1. The maximum atomic E-state index is 12.7. The minimum Gasteiger partial charge on any atom is -0.480 e. The Morgan fingerprint density at radius 3 is 2.90 bits per heavy atom. The number of carboxylic acids is 1. The number of carbonyl (C=O) groups is 2. The van der Waals surface area contributed by atoms with Gasteiger partial charge in [-0.15, -0.1) is 11.8 Å². The van der Waals surface area contributed by atoms with Gasteiger partial charge in [-0.3, -0.25) is 4.79 Å². The van der Waals surface area contributed by atoms with E-state index in [2.05, 4.69) is 0 Å². The molecule has 1 aromatic carbocycles. The molecule has 21 heavy (non-hydrogen) atoms. The second kappa shape index (κ2) is 6.64. The average Bonchev–Trinajstić information content (AvgIpc) is 2.91. The van der Waals surface area contributed by atoms with Crippen molar-refractivity contribution in [1.82, 2.24) is 4.90 Å². The molecule has 1 fully saturated rings. The number of thioether (sulfide) groups is 1. The highest BCUT2D eigenvalue weighted by Crippen LogP contribution is 2.33. The minimum atomic E-state index is -0.981. The number of aliphatic carboxylic acids is 1. The predicted molar refractivity (Wildman–Crippen MR) is 79.9 cm³/mol. The lowest BCUT2D eigenvalue weighted by Gasteiger charge is -2.27. The SMILES string of the molecule is CCCC1SCC(C(=O)O)N1C(=O)c1cccc(C#N)c1. The summed E-state index contributed by atoms with van der Waals surface area (Å²) in [6, 6.07) is 7.57. The van der Waals surface area contributed by atoms with E-state index in [4.69, 9.17) is 5.26 Å². The zero-order chi connectivity index (χ0) is 15.4. The molecule has 0 bridgehead atoms. The molecule has 2 atom stereocenters. The Kier molecular flexibility index (Phi) is 4.86. The number of hydrogen-bond acceptors (Lipinski definition) is 4. The summed E-state index contributed by atoms with van der Waals surface area (Å²) in [4.78, 5) is 25.5. The van der Waals surface area contributed by atoms with Gasteiger partial charge in [0.25, 0.3) is 5.91 Å². The first-order chi connectivity index (χ1) is 10.1. The fourth-order valence-electron chi connectivity index (χ4n) is 2.37. The minimum absolute atomic E-state index is 0.116. The van der Waals surface area contributed by atoms with Gasteiger partial charge >= 0.3 is 5.97 Å². The zero-order valence-corrected chi connectivity index (χ0v) is 12.5. The first-order valence-electron chi connectivity index (χ1n) is 6.75. The Labute approximate surface area is 127 Å². The smallest absolute Gasteiger partial charge is 0.327 e. The van der Waals surface area contributed by atoms with Crippen LogP contribution in [-0.4, -0.2) is 39.1 Å². The van der Waals surface area contributed by atoms with Crippen LogP contribution in [0.1, 0.15) is 35.7 Å². The standard InChI is InChI=1S/C15H16N2O3S/c1-2-4-13-17(12(9-21-13)15(19)20)14(18)11-6-3-5-10(7-11)8-16/h3,5-7,12-13H,2,4,9H2,1H3,(H,19,20).